The fourth-order valence-corrected chi connectivity index (χ4v) is 3.16. The molecule has 4 heteroatoms. The summed E-state index contributed by atoms with van der Waals surface area (Å²) in [7, 11) is 0. The van der Waals surface area contributed by atoms with Crippen molar-refractivity contribution in [3.05, 3.63) is 46.1 Å². The number of nitrogens with one attached hydrogen (secondary N) is 2. The molecule has 2 N–H and O–H groups in total. The van der Waals surface area contributed by atoms with E-state index in [4.69, 9.17) is 4.42 Å². The molecule has 1 saturated heterocycles. The lowest BCUT2D eigenvalue weighted by Gasteiger charge is -2.22. The zero-order chi connectivity index (χ0) is 15.4. The molecule has 0 spiro atoms. The van der Waals surface area contributed by atoms with Crippen molar-refractivity contribution in [1.82, 2.24) is 10.6 Å². The van der Waals surface area contributed by atoms with Crippen molar-refractivity contribution < 1.29 is 4.42 Å². The summed E-state index contributed by atoms with van der Waals surface area (Å²) in [5.41, 5.74) is 2.35. The smallest absolute Gasteiger partial charge is 0.134 e. The van der Waals surface area contributed by atoms with Gasteiger partial charge in [0.05, 0.1) is 6.54 Å². The average molecular weight is 363 g/mol. The number of hydrogen-bond donors (Lipinski definition) is 2. The van der Waals surface area contributed by atoms with Gasteiger partial charge in [-0.05, 0) is 75.1 Å². The Bertz CT molecular complexity index is 617. The fourth-order valence-electron chi connectivity index (χ4n) is 2.91. The van der Waals surface area contributed by atoms with Crippen LogP contribution in [0.3, 0.4) is 0 Å². The van der Waals surface area contributed by atoms with Gasteiger partial charge in [0.25, 0.3) is 0 Å². The predicted octanol–water partition coefficient (Wildman–Crippen LogP) is 4.11. The highest BCUT2D eigenvalue weighted by atomic mass is 79.9. The van der Waals surface area contributed by atoms with E-state index in [0.717, 1.165) is 53.7 Å². The van der Waals surface area contributed by atoms with Crippen molar-refractivity contribution in [1.29, 1.82) is 0 Å². The summed E-state index contributed by atoms with van der Waals surface area (Å²) in [6, 6.07) is 10.4. The quantitative estimate of drug-likeness (QED) is 0.840. The van der Waals surface area contributed by atoms with E-state index in [1.165, 1.54) is 18.4 Å². The molecule has 0 amide bonds. The maximum atomic E-state index is 5.96. The summed E-state index contributed by atoms with van der Waals surface area (Å²) in [6.07, 6.45) is 2.54. The number of piperidine rings is 1. The first-order chi connectivity index (χ1) is 10.7. The Morgan fingerprint density at radius 1 is 1.23 bits per heavy atom. The maximum absolute atomic E-state index is 5.96. The molecule has 2 heterocycles. The molecule has 3 nitrogen and oxygen atoms in total. The third-order valence-electron chi connectivity index (χ3n) is 4.30. The van der Waals surface area contributed by atoms with Gasteiger partial charge in [-0.15, -0.1) is 0 Å². The third-order valence-corrected chi connectivity index (χ3v) is 5.18. The standard InChI is InChI=1S/C18H23BrN2O/c1-13-10-15(2-4-17(13)19)18-5-3-16(22-18)12-21-11-14-6-8-20-9-7-14/h2-5,10,14,20-21H,6-9,11-12H2,1H3. The highest BCUT2D eigenvalue weighted by molar-refractivity contribution is 9.10. The largest absolute Gasteiger partial charge is 0.460 e. The molecular weight excluding hydrogens is 340 g/mol. The minimum absolute atomic E-state index is 0.796. The predicted molar refractivity (Wildman–Crippen MR) is 93.9 cm³/mol. The monoisotopic (exact) mass is 362 g/mol. The van der Waals surface area contributed by atoms with Gasteiger partial charge >= 0.3 is 0 Å². The van der Waals surface area contributed by atoms with Crippen molar-refractivity contribution in [2.45, 2.75) is 26.3 Å². The number of benzene rings is 1. The summed E-state index contributed by atoms with van der Waals surface area (Å²) >= 11 is 3.53. The van der Waals surface area contributed by atoms with E-state index in [9.17, 15) is 0 Å². The SMILES string of the molecule is Cc1cc(-c2ccc(CNCC3CCNCC3)o2)ccc1Br. The van der Waals surface area contributed by atoms with Gasteiger partial charge in [-0.2, -0.15) is 0 Å². The summed E-state index contributed by atoms with van der Waals surface area (Å²) in [6.45, 7) is 6.28. The van der Waals surface area contributed by atoms with E-state index in [-0.39, 0.29) is 0 Å². The molecule has 22 heavy (non-hydrogen) atoms. The Labute approximate surface area is 140 Å². The lowest BCUT2D eigenvalue weighted by molar-refractivity contribution is 0.350. The molecule has 0 aliphatic carbocycles. The summed E-state index contributed by atoms with van der Waals surface area (Å²) in [5.74, 6) is 2.74. The molecule has 1 aromatic carbocycles. The number of furan rings is 1. The summed E-state index contributed by atoms with van der Waals surface area (Å²) in [4.78, 5) is 0. The summed E-state index contributed by atoms with van der Waals surface area (Å²) in [5, 5.41) is 6.93. The molecule has 1 aliphatic heterocycles. The van der Waals surface area contributed by atoms with Gasteiger partial charge < -0.3 is 15.1 Å². The van der Waals surface area contributed by atoms with Crippen LogP contribution >= 0.6 is 15.9 Å². The third kappa shape index (κ3) is 4.00. The van der Waals surface area contributed by atoms with Gasteiger partial charge in [0.15, 0.2) is 0 Å². The van der Waals surface area contributed by atoms with Crippen molar-refractivity contribution in [3.8, 4) is 11.3 Å². The fraction of sp³-hybridized carbons (Fsp3) is 0.444. The molecule has 0 bridgehead atoms. The Morgan fingerprint density at radius 2 is 2.05 bits per heavy atom. The molecule has 118 valence electrons. The number of hydrogen-bond acceptors (Lipinski definition) is 3. The van der Waals surface area contributed by atoms with Crippen LogP contribution in [0.2, 0.25) is 0 Å². The summed E-state index contributed by atoms with van der Waals surface area (Å²) < 4.78 is 7.09. The van der Waals surface area contributed by atoms with Gasteiger partial charge in [0.1, 0.15) is 11.5 Å². The van der Waals surface area contributed by atoms with E-state index in [1.54, 1.807) is 0 Å². The molecule has 0 radical (unpaired) electrons. The van der Waals surface area contributed by atoms with Crippen LogP contribution < -0.4 is 10.6 Å². The number of aryl methyl sites for hydroxylation is 1. The first-order valence-electron chi connectivity index (χ1n) is 7.99. The highest BCUT2D eigenvalue weighted by Crippen LogP contribution is 2.26. The second-order valence-electron chi connectivity index (χ2n) is 6.05. The first-order valence-corrected chi connectivity index (χ1v) is 8.78. The van der Waals surface area contributed by atoms with Crippen LogP contribution in [0.1, 0.15) is 24.2 Å². The Morgan fingerprint density at radius 3 is 2.82 bits per heavy atom. The molecule has 1 aliphatic rings. The van der Waals surface area contributed by atoms with Gasteiger partial charge in [0.2, 0.25) is 0 Å². The van der Waals surface area contributed by atoms with Crippen LogP contribution in [0.15, 0.2) is 39.2 Å². The topological polar surface area (TPSA) is 37.2 Å². The van der Waals surface area contributed by atoms with Crippen LogP contribution in [-0.4, -0.2) is 19.6 Å². The Kier molecular flexibility index (Phi) is 5.34. The van der Waals surface area contributed by atoms with Crippen LogP contribution in [0, 0.1) is 12.8 Å². The Hall–Kier alpha value is -1.10. The van der Waals surface area contributed by atoms with Gasteiger partial charge in [-0.1, -0.05) is 22.0 Å². The van der Waals surface area contributed by atoms with E-state index in [0.29, 0.717) is 0 Å². The minimum atomic E-state index is 0.796. The normalized spacial score (nSPS) is 16.1. The van der Waals surface area contributed by atoms with Crippen molar-refractivity contribution in [2.75, 3.05) is 19.6 Å². The molecule has 0 unspecified atom stereocenters. The minimum Gasteiger partial charge on any atom is -0.460 e. The van der Waals surface area contributed by atoms with Crippen LogP contribution in [0.4, 0.5) is 0 Å². The van der Waals surface area contributed by atoms with Crippen molar-refractivity contribution >= 4 is 15.9 Å². The molecular formula is C18H23BrN2O. The zero-order valence-electron chi connectivity index (χ0n) is 13.0. The molecule has 0 saturated carbocycles. The zero-order valence-corrected chi connectivity index (χ0v) is 14.6. The maximum Gasteiger partial charge on any atom is 0.134 e. The van der Waals surface area contributed by atoms with E-state index < -0.39 is 0 Å². The van der Waals surface area contributed by atoms with E-state index >= 15 is 0 Å². The van der Waals surface area contributed by atoms with Crippen molar-refractivity contribution in [2.24, 2.45) is 5.92 Å². The first kappa shape index (κ1) is 15.8. The molecule has 1 aromatic heterocycles. The lowest BCUT2D eigenvalue weighted by Crippen LogP contribution is -2.33. The lowest BCUT2D eigenvalue weighted by atomic mass is 9.98. The number of rotatable bonds is 5. The van der Waals surface area contributed by atoms with Crippen LogP contribution in [0.5, 0.6) is 0 Å². The second kappa shape index (κ2) is 7.44. The Balaban J connectivity index is 1.55. The molecule has 2 aromatic rings. The van der Waals surface area contributed by atoms with E-state index in [2.05, 4.69) is 63.8 Å². The molecule has 3 rings (SSSR count). The van der Waals surface area contributed by atoms with Crippen LogP contribution in [-0.2, 0) is 6.54 Å². The number of halogens is 1. The highest BCUT2D eigenvalue weighted by Gasteiger charge is 2.12. The van der Waals surface area contributed by atoms with E-state index in [1.807, 2.05) is 0 Å². The average Bonchev–Trinajstić information content (AvgIpc) is 3.00. The van der Waals surface area contributed by atoms with Crippen LogP contribution in [0.25, 0.3) is 11.3 Å². The molecule has 1 fully saturated rings. The van der Waals surface area contributed by atoms with Gasteiger partial charge in [-0.3, -0.25) is 0 Å². The van der Waals surface area contributed by atoms with Gasteiger partial charge in [0, 0.05) is 10.0 Å². The van der Waals surface area contributed by atoms with Crippen molar-refractivity contribution in [3.63, 3.8) is 0 Å². The molecule has 0 atom stereocenters. The second-order valence-corrected chi connectivity index (χ2v) is 6.91. The van der Waals surface area contributed by atoms with Gasteiger partial charge in [-0.25, -0.2) is 0 Å².